The largest absolute Gasteiger partial charge is 0.392 e. The summed E-state index contributed by atoms with van der Waals surface area (Å²) in [5.74, 6) is -0.460. The summed E-state index contributed by atoms with van der Waals surface area (Å²) >= 11 is 0. The zero-order valence-corrected chi connectivity index (χ0v) is 12.8. The summed E-state index contributed by atoms with van der Waals surface area (Å²) < 4.78 is 13.6. The molecule has 3 nitrogen and oxygen atoms in total. The van der Waals surface area contributed by atoms with E-state index >= 15 is 0 Å². The monoisotopic (exact) mass is 301 g/mol. The predicted octanol–water partition coefficient (Wildman–Crippen LogP) is 2.91. The molecule has 0 aromatic heterocycles. The van der Waals surface area contributed by atoms with Crippen LogP contribution in [0.3, 0.4) is 0 Å². The van der Waals surface area contributed by atoms with Crippen LogP contribution in [-0.2, 0) is 13.0 Å². The van der Waals surface area contributed by atoms with Crippen molar-refractivity contribution in [3.8, 4) is 0 Å². The van der Waals surface area contributed by atoms with E-state index in [0.29, 0.717) is 29.7 Å². The SMILES string of the molecule is Cc1cc(C(=O)NCCc2ccc(CO)cc2)cc(C)c1F. The number of aryl methyl sites for hydroxylation is 2. The van der Waals surface area contributed by atoms with Gasteiger partial charge in [0, 0.05) is 12.1 Å². The Hall–Kier alpha value is -2.20. The second-order valence-corrected chi connectivity index (χ2v) is 5.40. The van der Waals surface area contributed by atoms with Crippen LogP contribution >= 0.6 is 0 Å². The molecule has 2 rings (SSSR count). The molecule has 1 amide bonds. The maximum Gasteiger partial charge on any atom is 0.251 e. The van der Waals surface area contributed by atoms with Gasteiger partial charge >= 0.3 is 0 Å². The fourth-order valence-corrected chi connectivity index (χ4v) is 2.31. The van der Waals surface area contributed by atoms with Crippen molar-refractivity contribution in [3.63, 3.8) is 0 Å². The van der Waals surface area contributed by atoms with Gasteiger partial charge in [-0.15, -0.1) is 0 Å². The first kappa shape index (κ1) is 16.2. The Bertz CT molecular complexity index is 642. The van der Waals surface area contributed by atoms with Gasteiger partial charge < -0.3 is 10.4 Å². The zero-order chi connectivity index (χ0) is 16.1. The van der Waals surface area contributed by atoms with E-state index in [4.69, 9.17) is 5.11 Å². The smallest absolute Gasteiger partial charge is 0.251 e. The van der Waals surface area contributed by atoms with E-state index in [9.17, 15) is 9.18 Å². The molecule has 2 aromatic carbocycles. The molecule has 22 heavy (non-hydrogen) atoms. The second-order valence-electron chi connectivity index (χ2n) is 5.40. The lowest BCUT2D eigenvalue weighted by Gasteiger charge is -2.08. The molecule has 0 heterocycles. The molecule has 0 spiro atoms. The van der Waals surface area contributed by atoms with Crippen LogP contribution in [0.1, 0.15) is 32.6 Å². The molecule has 0 aliphatic heterocycles. The summed E-state index contributed by atoms with van der Waals surface area (Å²) in [5.41, 5.74) is 3.38. The molecular formula is C18H20FNO2. The highest BCUT2D eigenvalue weighted by molar-refractivity contribution is 5.94. The average molecular weight is 301 g/mol. The van der Waals surface area contributed by atoms with Crippen LogP contribution in [0.4, 0.5) is 4.39 Å². The van der Waals surface area contributed by atoms with Gasteiger partial charge in [-0.25, -0.2) is 4.39 Å². The molecule has 2 N–H and O–H groups in total. The van der Waals surface area contributed by atoms with E-state index < -0.39 is 0 Å². The number of nitrogens with one attached hydrogen (secondary N) is 1. The molecule has 0 aliphatic rings. The Morgan fingerprint density at radius 1 is 1.09 bits per heavy atom. The fraction of sp³-hybridized carbons (Fsp3) is 0.278. The highest BCUT2D eigenvalue weighted by Gasteiger charge is 2.10. The Morgan fingerprint density at radius 3 is 2.18 bits per heavy atom. The standard InChI is InChI=1S/C18H20FNO2/c1-12-9-16(10-13(2)17(12)19)18(22)20-8-7-14-3-5-15(11-21)6-4-14/h3-6,9-10,21H,7-8,11H2,1-2H3,(H,20,22). The number of carbonyl (C=O) groups is 1. The quantitative estimate of drug-likeness (QED) is 0.892. The normalized spacial score (nSPS) is 10.5. The first-order valence-corrected chi connectivity index (χ1v) is 7.25. The van der Waals surface area contributed by atoms with Crippen LogP contribution in [0.5, 0.6) is 0 Å². The summed E-state index contributed by atoms with van der Waals surface area (Å²) in [6, 6.07) is 10.7. The van der Waals surface area contributed by atoms with Crippen molar-refractivity contribution in [2.45, 2.75) is 26.9 Å². The lowest BCUT2D eigenvalue weighted by atomic mass is 10.1. The van der Waals surface area contributed by atoms with Crippen molar-refractivity contribution in [1.82, 2.24) is 5.32 Å². The summed E-state index contributed by atoms with van der Waals surface area (Å²) in [4.78, 5) is 12.1. The molecule has 0 fully saturated rings. The van der Waals surface area contributed by atoms with E-state index in [0.717, 1.165) is 11.1 Å². The lowest BCUT2D eigenvalue weighted by Crippen LogP contribution is -2.26. The Morgan fingerprint density at radius 2 is 1.64 bits per heavy atom. The molecule has 2 aromatic rings. The predicted molar refractivity (Wildman–Crippen MR) is 84.3 cm³/mol. The molecule has 0 aliphatic carbocycles. The number of aliphatic hydroxyl groups is 1. The summed E-state index contributed by atoms with van der Waals surface area (Å²) in [5, 5.41) is 11.8. The maximum atomic E-state index is 13.6. The third kappa shape index (κ3) is 3.92. The summed E-state index contributed by atoms with van der Waals surface area (Å²) in [6.45, 7) is 3.84. The minimum atomic E-state index is -0.263. The molecule has 0 unspecified atom stereocenters. The highest BCUT2D eigenvalue weighted by Crippen LogP contribution is 2.14. The molecule has 116 valence electrons. The first-order chi connectivity index (χ1) is 10.5. The van der Waals surface area contributed by atoms with E-state index in [1.54, 1.807) is 26.0 Å². The van der Waals surface area contributed by atoms with Gasteiger partial charge in [0.05, 0.1) is 6.61 Å². The highest BCUT2D eigenvalue weighted by atomic mass is 19.1. The van der Waals surface area contributed by atoms with E-state index in [1.165, 1.54) is 0 Å². The minimum absolute atomic E-state index is 0.0281. The van der Waals surface area contributed by atoms with Gasteiger partial charge in [0.15, 0.2) is 0 Å². The maximum absolute atomic E-state index is 13.6. The zero-order valence-electron chi connectivity index (χ0n) is 12.8. The molecule has 0 atom stereocenters. The third-order valence-electron chi connectivity index (χ3n) is 3.60. The molecule has 0 bridgehead atoms. The molecule has 0 saturated heterocycles. The van der Waals surface area contributed by atoms with E-state index in [-0.39, 0.29) is 18.3 Å². The van der Waals surface area contributed by atoms with Gasteiger partial charge in [-0.1, -0.05) is 24.3 Å². The van der Waals surface area contributed by atoms with Gasteiger partial charge in [0.1, 0.15) is 5.82 Å². The number of rotatable bonds is 5. The molecule has 0 radical (unpaired) electrons. The Labute approximate surface area is 129 Å². The topological polar surface area (TPSA) is 49.3 Å². The number of hydrogen-bond donors (Lipinski definition) is 2. The number of benzene rings is 2. The van der Waals surface area contributed by atoms with Crippen LogP contribution < -0.4 is 5.32 Å². The molecular weight excluding hydrogens is 281 g/mol. The van der Waals surface area contributed by atoms with Gasteiger partial charge in [0.25, 0.3) is 5.91 Å². The van der Waals surface area contributed by atoms with Crippen molar-refractivity contribution in [3.05, 3.63) is 70.0 Å². The number of hydrogen-bond acceptors (Lipinski definition) is 2. The first-order valence-electron chi connectivity index (χ1n) is 7.25. The summed E-state index contributed by atoms with van der Waals surface area (Å²) in [6.07, 6.45) is 0.705. The lowest BCUT2D eigenvalue weighted by molar-refractivity contribution is 0.0954. The number of halogens is 1. The minimum Gasteiger partial charge on any atom is -0.392 e. The van der Waals surface area contributed by atoms with Gasteiger partial charge in [-0.3, -0.25) is 4.79 Å². The van der Waals surface area contributed by atoms with Crippen molar-refractivity contribution in [2.75, 3.05) is 6.54 Å². The fourth-order valence-electron chi connectivity index (χ4n) is 2.31. The van der Waals surface area contributed by atoms with Gasteiger partial charge in [0.2, 0.25) is 0 Å². The molecule has 4 heteroatoms. The second kappa shape index (κ2) is 7.18. The third-order valence-corrected chi connectivity index (χ3v) is 3.60. The van der Waals surface area contributed by atoms with E-state index in [1.807, 2.05) is 24.3 Å². The van der Waals surface area contributed by atoms with Crippen LogP contribution in [0, 0.1) is 19.7 Å². The van der Waals surface area contributed by atoms with Crippen molar-refractivity contribution in [2.24, 2.45) is 0 Å². The number of amides is 1. The Kier molecular flexibility index (Phi) is 5.28. The summed E-state index contributed by atoms with van der Waals surface area (Å²) in [7, 11) is 0. The van der Waals surface area contributed by atoms with Crippen LogP contribution in [-0.4, -0.2) is 17.6 Å². The van der Waals surface area contributed by atoms with E-state index in [2.05, 4.69) is 5.32 Å². The van der Waals surface area contributed by atoms with Crippen molar-refractivity contribution in [1.29, 1.82) is 0 Å². The van der Waals surface area contributed by atoms with Crippen LogP contribution in [0.2, 0.25) is 0 Å². The van der Waals surface area contributed by atoms with Crippen molar-refractivity contribution < 1.29 is 14.3 Å². The Balaban J connectivity index is 1.92. The van der Waals surface area contributed by atoms with Crippen molar-refractivity contribution >= 4 is 5.91 Å². The molecule has 0 saturated carbocycles. The average Bonchev–Trinajstić information content (AvgIpc) is 2.52. The number of aliphatic hydroxyl groups excluding tert-OH is 1. The van der Waals surface area contributed by atoms with Gasteiger partial charge in [-0.2, -0.15) is 0 Å². The van der Waals surface area contributed by atoms with Crippen LogP contribution in [0.15, 0.2) is 36.4 Å². The van der Waals surface area contributed by atoms with Crippen LogP contribution in [0.25, 0.3) is 0 Å². The number of carbonyl (C=O) groups excluding carboxylic acids is 1. The van der Waals surface area contributed by atoms with Gasteiger partial charge in [-0.05, 0) is 54.7 Å².